The van der Waals surface area contributed by atoms with E-state index in [1.54, 1.807) is 0 Å². The zero-order valence-corrected chi connectivity index (χ0v) is 8.24. The molecule has 0 aromatic heterocycles. The molecule has 0 amide bonds. The summed E-state index contributed by atoms with van der Waals surface area (Å²) in [7, 11) is 0. The Morgan fingerprint density at radius 2 is 2.31 bits per heavy atom. The van der Waals surface area contributed by atoms with Crippen LogP contribution in [0.3, 0.4) is 0 Å². The third kappa shape index (κ3) is 3.75. The summed E-state index contributed by atoms with van der Waals surface area (Å²) in [5, 5.41) is 18.1. The fourth-order valence-electron chi connectivity index (χ4n) is 1.75. The van der Waals surface area contributed by atoms with Crippen LogP contribution in [0.4, 0.5) is 0 Å². The molecule has 1 heterocycles. The molecular formula is C10H18N2O. The standard InChI is InChI=1S/C10H18N2O/c1-9(7-11)8-12-5-2-3-10(13)4-6-12/h9-10,13H,2-6,8H2,1H3. The van der Waals surface area contributed by atoms with Gasteiger partial charge in [0, 0.05) is 13.1 Å². The van der Waals surface area contributed by atoms with Crippen LogP contribution in [-0.4, -0.2) is 35.7 Å². The van der Waals surface area contributed by atoms with Crippen molar-refractivity contribution in [1.82, 2.24) is 4.90 Å². The summed E-state index contributed by atoms with van der Waals surface area (Å²) in [5.74, 6) is 0.107. The predicted molar refractivity (Wildman–Crippen MR) is 51.1 cm³/mol. The van der Waals surface area contributed by atoms with E-state index in [0.717, 1.165) is 38.9 Å². The van der Waals surface area contributed by atoms with E-state index in [1.807, 2.05) is 6.92 Å². The monoisotopic (exact) mass is 182 g/mol. The van der Waals surface area contributed by atoms with Gasteiger partial charge in [0.05, 0.1) is 18.1 Å². The Hall–Kier alpha value is -0.590. The summed E-state index contributed by atoms with van der Waals surface area (Å²) in [5.41, 5.74) is 0. The second-order valence-corrected chi connectivity index (χ2v) is 3.92. The van der Waals surface area contributed by atoms with Crippen molar-refractivity contribution in [2.24, 2.45) is 5.92 Å². The highest BCUT2D eigenvalue weighted by molar-refractivity contribution is 4.82. The van der Waals surface area contributed by atoms with Gasteiger partial charge in [-0.15, -0.1) is 0 Å². The van der Waals surface area contributed by atoms with Crippen LogP contribution in [0.5, 0.6) is 0 Å². The summed E-state index contributed by atoms with van der Waals surface area (Å²) >= 11 is 0. The Bertz CT molecular complexity index is 188. The molecule has 2 atom stereocenters. The number of hydrogen-bond donors (Lipinski definition) is 1. The average Bonchev–Trinajstić information content (AvgIpc) is 2.31. The number of nitrogens with zero attached hydrogens (tertiary/aromatic N) is 2. The molecule has 3 nitrogen and oxygen atoms in total. The van der Waals surface area contributed by atoms with Crippen molar-refractivity contribution in [3.63, 3.8) is 0 Å². The molecule has 1 saturated heterocycles. The first kappa shape index (κ1) is 10.5. The van der Waals surface area contributed by atoms with Crippen LogP contribution < -0.4 is 0 Å². The number of hydrogen-bond acceptors (Lipinski definition) is 3. The highest BCUT2D eigenvalue weighted by atomic mass is 16.3. The van der Waals surface area contributed by atoms with Crippen molar-refractivity contribution < 1.29 is 5.11 Å². The van der Waals surface area contributed by atoms with Crippen LogP contribution in [-0.2, 0) is 0 Å². The van der Waals surface area contributed by atoms with Gasteiger partial charge in [0.1, 0.15) is 0 Å². The summed E-state index contributed by atoms with van der Waals surface area (Å²) in [4.78, 5) is 2.28. The number of rotatable bonds is 2. The van der Waals surface area contributed by atoms with Gasteiger partial charge in [-0.05, 0) is 32.7 Å². The lowest BCUT2D eigenvalue weighted by atomic mass is 10.2. The maximum atomic E-state index is 9.41. The summed E-state index contributed by atoms with van der Waals surface area (Å²) in [6.45, 7) is 4.76. The highest BCUT2D eigenvalue weighted by Crippen LogP contribution is 2.11. The maximum Gasteiger partial charge on any atom is 0.0666 e. The van der Waals surface area contributed by atoms with Crippen LogP contribution in [0, 0.1) is 17.2 Å². The molecule has 1 fully saturated rings. The minimum absolute atomic E-state index is 0.107. The zero-order valence-electron chi connectivity index (χ0n) is 8.24. The van der Waals surface area contributed by atoms with E-state index in [-0.39, 0.29) is 12.0 Å². The summed E-state index contributed by atoms with van der Waals surface area (Å²) in [6.07, 6.45) is 2.71. The molecule has 1 N–H and O–H groups in total. The van der Waals surface area contributed by atoms with Gasteiger partial charge in [-0.1, -0.05) is 0 Å². The quantitative estimate of drug-likeness (QED) is 0.693. The molecule has 2 unspecified atom stereocenters. The molecular weight excluding hydrogens is 164 g/mol. The molecule has 0 radical (unpaired) electrons. The molecule has 0 spiro atoms. The second kappa shape index (κ2) is 5.21. The van der Waals surface area contributed by atoms with E-state index in [9.17, 15) is 5.11 Å². The number of aliphatic hydroxyl groups is 1. The van der Waals surface area contributed by atoms with Gasteiger partial charge in [-0.3, -0.25) is 0 Å². The van der Waals surface area contributed by atoms with Crippen molar-refractivity contribution >= 4 is 0 Å². The van der Waals surface area contributed by atoms with Crippen molar-refractivity contribution in [2.75, 3.05) is 19.6 Å². The fraction of sp³-hybridized carbons (Fsp3) is 0.900. The van der Waals surface area contributed by atoms with E-state index in [1.165, 1.54) is 0 Å². The first-order valence-electron chi connectivity index (χ1n) is 5.02. The molecule has 0 aromatic carbocycles. The van der Waals surface area contributed by atoms with Gasteiger partial charge >= 0.3 is 0 Å². The van der Waals surface area contributed by atoms with E-state index < -0.39 is 0 Å². The molecule has 0 saturated carbocycles. The van der Waals surface area contributed by atoms with Gasteiger partial charge in [0.25, 0.3) is 0 Å². The fourth-order valence-corrected chi connectivity index (χ4v) is 1.75. The third-order valence-electron chi connectivity index (χ3n) is 2.54. The topological polar surface area (TPSA) is 47.3 Å². The van der Waals surface area contributed by atoms with Crippen molar-refractivity contribution in [2.45, 2.75) is 32.3 Å². The normalized spacial score (nSPS) is 27.6. The van der Waals surface area contributed by atoms with Gasteiger partial charge in [-0.25, -0.2) is 0 Å². The van der Waals surface area contributed by atoms with Crippen LogP contribution in [0.15, 0.2) is 0 Å². The van der Waals surface area contributed by atoms with E-state index >= 15 is 0 Å². The second-order valence-electron chi connectivity index (χ2n) is 3.92. The SMILES string of the molecule is CC(C#N)CN1CCCC(O)CC1. The van der Waals surface area contributed by atoms with Crippen LogP contribution >= 0.6 is 0 Å². The molecule has 1 rings (SSSR count). The molecule has 0 aromatic rings. The minimum atomic E-state index is -0.123. The van der Waals surface area contributed by atoms with Crippen LogP contribution in [0.25, 0.3) is 0 Å². The molecule has 1 aliphatic heterocycles. The first-order valence-corrected chi connectivity index (χ1v) is 5.02. The Labute approximate surface area is 80.0 Å². The Morgan fingerprint density at radius 1 is 1.54 bits per heavy atom. The molecule has 0 bridgehead atoms. The van der Waals surface area contributed by atoms with Gasteiger partial charge in [0.15, 0.2) is 0 Å². The minimum Gasteiger partial charge on any atom is -0.393 e. The Morgan fingerprint density at radius 3 is 3.00 bits per heavy atom. The average molecular weight is 182 g/mol. The lowest BCUT2D eigenvalue weighted by Gasteiger charge is -2.20. The van der Waals surface area contributed by atoms with Gasteiger partial charge < -0.3 is 10.0 Å². The van der Waals surface area contributed by atoms with Crippen molar-refractivity contribution in [1.29, 1.82) is 5.26 Å². The molecule has 74 valence electrons. The first-order chi connectivity index (χ1) is 6.22. The molecule has 3 heteroatoms. The van der Waals surface area contributed by atoms with E-state index in [4.69, 9.17) is 5.26 Å². The number of nitriles is 1. The number of aliphatic hydroxyl groups excluding tert-OH is 1. The largest absolute Gasteiger partial charge is 0.393 e. The van der Waals surface area contributed by atoms with Crippen molar-refractivity contribution in [3.8, 4) is 6.07 Å². The smallest absolute Gasteiger partial charge is 0.0666 e. The van der Waals surface area contributed by atoms with E-state index in [2.05, 4.69) is 11.0 Å². The summed E-state index contributed by atoms with van der Waals surface area (Å²) in [6, 6.07) is 2.24. The zero-order chi connectivity index (χ0) is 9.68. The lowest BCUT2D eigenvalue weighted by molar-refractivity contribution is 0.154. The van der Waals surface area contributed by atoms with Crippen LogP contribution in [0.1, 0.15) is 26.2 Å². The third-order valence-corrected chi connectivity index (χ3v) is 2.54. The van der Waals surface area contributed by atoms with Crippen LogP contribution in [0.2, 0.25) is 0 Å². The molecule has 0 aliphatic carbocycles. The molecule has 1 aliphatic rings. The van der Waals surface area contributed by atoms with Gasteiger partial charge in [-0.2, -0.15) is 5.26 Å². The van der Waals surface area contributed by atoms with Crippen molar-refractivity contribution in [3.05, 3.63) is 0 Å². The highest BCUT2D eigenvalue weighted by Gasteiger charge is 2.16. The van der Waals surface area contributed by atoms with Gasteiger partial charge in [0.2, 0.25) is 0 Å². The van der Waals surface area contributed by atoms with E-state index in [0.29, 0.717) is 0 Å². The molecule has 13 heavy (non-hydrogen) atoms. The predicted octanol–water partition coefficient (Wildman–Crippen LogP) is 0.993. The lowest BCUT2D eigenvalue weighted by Crippen LogP contribution is -2.29. The number of likely N-dealkylation sites (tertiary alicyclic amines) is 1. The summed E-state index contributed by atoms with van der Waals surface area (Å²) < 4.78 is 0. The maximum absolute atomic E-state index is 9.41. The Balaban J connectivity index is 2.30. The Kier molecular flexibility index (Phi) is 4.20.